The highest BCUT2D eigenvalue weighted by atomic mass is 14.9. The summed E-state index contributed by atoms with van der Waals surface area (Å²) < 4.78 is 0. The number of aromatic nitrogens is 2. The summed E-state index contributed by atoms with van der Waals surface area (Å²) in [4.78, 5) is 8.37. The Labute approximate surface area is 204 Å². The third kappa shape index (κ3) is 10.6. The van der Waals surface area contributed by atoms with Crippen molar-refractivity contribution < 1.29 is 0 Å². The fourth-order valence-electron chi connectivity index (χ4n) is 2.84. The summed E-state index contributed by atoms with van der Waals surface area (Å²) in [6.45, 7) is 12.7. The molecule has 4 aromatic rings. The van der Waals surface area contributed by atoms with Crippen LogP contribution in [0.15, 0.2) is 91.8 Å². The van der Waals surface area contributed by atoms with Gasteiger partial charge in [0.1, 0.15) is 0 Å². The molecule has 0 amide bonds. The zero-order chi connectivity index (χ0) is 24.8. The Morgan fingerprint density at radius 2 is 1.29 bits per heavy atom. The van der Waals surface area contributed by atoms with Crippen molar-refractivity contribution in [2.45, 2.75) is 34.1 Å². The fourth-order valence-corrected chi connectivity index (χ4v) is 2.84. The Morgan fingerprint density at radius 1 is 0.735 bits per heavy atom. The Bertz CT molecular complexity index is 1030. The number of nitrogen functional groups attached to an aromatic ring is 1. The van der Waals surface area contributed by atoms with E-state index < -0.39 is 0 Å². The molecule has 0 aliphatic heterocycles. The van der Waals surface area contributed by atoms with Crippen molar-refractivity contribution in [3.05, 3.63) is 125 Å². The van der Waals surface area contributed by atoms with Gasteiger partial charge in [-0.05, 0) is 81.6 Å². The Kier molecular flexibility index (Phi) is 11.1. The minimum Gasteiger partial charge on any atom is -0.399 e. The van der Waals surface area contributed by atoms with Crippen LogP contribution in [0.25, 0.3) is 6.08 Å². The molecule has 2 aromatic heterocycles. The highest BCUT2D eigenvalue weighted by molar-refractivity contribution is 5.45. The van der Waals surface area contributed by atoms with Crippen LogP contribution in [0, 0.1) is 27.7 Å². The number of pyridine rings is 2. The van der Waals surface area contributed by atoms with Gasteiger partial charge in [-0.25, -0.2) is 0 Å². The molecule has 2 heterocycles. The predicted octanol–water partition coefficient (Wildman–Crippen LogP) is 6.96. The molecule has 0 spiro atoms. The number of anilines is 2. The summed E-state index contributed by atoms with van der Waals surface area (Å²) >= 11 is 0. The molecule has 3 N–H and O–H groups in total. The third-order valence-corrected chi connectivity index (χ3v) is 5.01. The van der Waals surface area contributed by atoms with Gasteiger partial charge in [-0.1, -0.05) is 60.2 Å². The first-order valence-electron chi connectivity index (χ1n) is 11.4. The second-order valence-corrected chi connectivity index (χ2v) is 8.20. The van der Waals surface area contributed by atoms with Crippen LogP contribution in [-0.2, 0) is 6.42 Å². The minimum absolute atomic E-state index is 0.829. The molecule has 4 rings (SSSR count). The molecule has 0 saturated carbocycles. The Morgan fingerprint density at radius 3 is 1.76 bits per heavy atom. The second-order valence-electron chi connectivity index (χ2n) is 8.20. The highest BCUT2D eigenvalue weighted by Gasteiger charge is 1.95. The molecule has 2 aromatic carbocycles. The molecule has 0 atom stereocenters. The maximum absolute atomic E-state index is 5.43. The van der Waals surface area contributed by atoms with Crippen molar-refractivity contribution in [1.82, 2.24) is 9.97 Å². The van der Waals surface area contributed by atoms with Crippen LogP contribution in [0.3, 0.4) is 0 Å². The number of nitrogens with one attached hydrogen (secondary N) is 1. The van der Waals surface area contributed by atoms with Crippen LogP contribution in [0.5, 0.6) is 0 Å². The van der Waals surface area contributed by atoms with E-state index in [2.05, 4.69) is 65.2 Å². The van der Waals surface area contributed by atoms with Crippen molar-refractivity contribution in [3.8, 4) is 0 Å². The fraction of sp³-hybridized carbons (Fsp3) is 0.200. The number of nitrogens with zero attached hydrogens (tertiary/aromatic N) is 2. The molecule has 0 saturated heterocycles. The summed E-state index contributed by atoms with van der Waals surface area (Å²) in [6, 6.07) is 24.4. The van der Waals surface area contributed by atoms with Crippen molar-refractivity contribution in [2.75, 3.05) is 17.6 Å². The molecule has 4 heteroatoms. The molecule has 0 radical (unpaired) electrons. The Balaban J connectivity index is 0.000000201. The summed E-state index contributed by atoms with van der Waals surface area (Å²) in [5, 5.41) is 3.41. The van der Waals surface area contributed by atoms with E-state index in [9.17, 15) is 0 Å². The van der Waals surface area contributed by atoms with Crippen LogP contribution < -0.4 is 11.1 Å². The minimum atomic E-state index is 0.829. The lowest BCUT2D eigenvalue weighted by atomic mass is 10.2. The van der Waals surface area contributed by atoms with Gasteiger partial charge in [0.05, 0.1) is 0 Å². The average molecular weight is 453 g/mol. The first kappa shape index (κ1) is 26.3. The van der Waals surface area contributed by atoms with E-state index in [1.807, 2.05) is 69.6 Å². The molecule has 176 valence electrons. The quantitative estimate of drug-likeness (QED) is 0.321. The number of aryl methyl sites for hydroxylation is 4. The molecular weight excluding hydrogens is 416 g/mol. The van der Waals surface area contributed by atoms with Crippen LogP contribution in [0.2, 0.25) is 0 Å². The summed E-state index contributed by atoms with van der Waals surface area (Å²) in [6.07, 6.45) is 6.54. The highest BCUT2D eigenvalue weighted by Crippen LogP contribution is 2.09. The average Bonchev–Trinajstić information content (AvgIpc) is 2.85. The molecule has 0 fully saturated rings. The van der Waals surface area contributed by atoms with Crippen molar-refractivity contribution in [1.29, 1.82) is 0 Å². The van der Waals surface area contributed by atoms with Gasteiger partial charge in [-0.15, -0.1) is 0 Å². The zero-order valence-corrected chi connectivity index (χ0v) is 20.8. The van der Waals surface area contributed by atoms with E-state index in [-0.39, 0.29) is 0 Å². The molecule has 0 unspecified atom stereocenters. The standard InChI is InChI=1S/C15H18N2.C8H9N.C7H9N/c1-12-3-7-15(8-4-12)16-10-9-14-6-5-13(2)17-11-14;1-3-8-5-4-7(2)9-6-8;1-6-2-4-7(8)5-3-6/h3-8,11,16H,9-10H2,1-2H3;3-6H,1H2,2H3;2-5H,8H2,1H3. The van der Waals surface area contributed by atoms with E-state index in [1.165, 1.54) is 22.4 Å². The number of hydrogen-bond acceptors (Lipinski definition) is 4. The second kappa shape index (κ2) is 14.3. The van der Waals surface area contributed by atoms with Crippen LogP contribution in [0.4, 0.5) is 11.4 Å². The van der Waals surface area contributed by atoms with Crippen molar-refractivity contribution in [2.24, 2.45) is 0 Å². The molecule has 4 nitrogen and oxygen atoms in total. The van der Waals surface area contributed by atoms with Gasteiger partial charge in [-0.3, -0.25) is 9.97 Å². The number of hydrogen-bond donors (Lipinski definition) is 2. The topological polar surface area (TPSA) is 63.8 Å². The van der Waals surface area contributed by atoms with Gasteiger partial charge < -0.3 is 11.1 Å². The summed E-state index contributed by atoms with van der Waals surface area (Å²) in [5.41, 5.74) is 14.4. The van der Waals surface area contributed by atoms with E-state index in [4.69, 9.17) is 5.73 Å². The zero-order valence-electron chi connectivity index (χ0n) is 20.8. The lowest BCUT2D eigenvalue weighted by Crippen LogP contribution is -2.05. The lowest BCUT2D eigenvalue weighted by molar-refractivity contribution is 0.997. The van der Waals surface area contributed by atoms with Gasteiger partial charge in [-0.2, -0.15) is 0 Å². The Hall–Kier alpha value is -3.92. The SMILES string of the molecule is C=Cc1ccc(C)nc1.Cc1ccc(N)cc1.Cc1ccc(NCCc2ccc(C)nc2)cc1. The summed E-state index contributed by atoms with van der Waals surface area (Å²) in [5.74, 6) is 0. The third-order valence-electron chi connectivity index (χ3n) is 5.01. The number of rotatable bonds is 5. The smallest absolute Gasteiger partial charge is 0.0373 e. The molecule has 0 aliphatic rings. The van der Waals surface area contributed by atoms with Crippen molar-refractivity contribution in [3.63, 3.8) is 0 Å². The summed E-state index contributed by atoms with van der Waals surface area (Å²) in [7, 11) is 0. The first-order valence-corrected chi connectivity index (χ1v) is 11.4. The maximum Gasteiger partial charge on any atom is 0.0373 e. The lowest BCUT2D eigenvalue weighted by Gasteiger charge is -2.06. The number of nitrogens with two attached hydrogens (primary N) is 1. The van der Waals surface area contributed by atoms with Crippen LogP contribution >= 0.6 is 0 Å². The van der Waals surface area contributed by atoms with Gasteiger partial charge in [0, 0.05) is 41.7 Å². The van der Waals surface area contributed by atoms with Gasteiger partial charge in [0.25, 0.3) is 0 Å². The van der Waals surface area contributed by atoms with E-state index >= 15 is 0 Å². The van der Waals surface area contributed by atoms with E-state index in [0.29, 0.717) is 0 Å². The largest absolute Gasteiger partial charge is 0.399 e. The van der Waals surface area contributed by atoms with Crippen LogP contribution in [-0.4, -0.2) is 16.5 Å². The normalized spacial score (nSPS) is 9.65. The number of benzene rings is 2. The van der Waals surface area contributed by atoms with Gasteiger partial charge in [0.2, 0.25) is 0 Å². The molecule has 0 aliphatic carbocycles. The maximum atomic E-state index is 5.43. The molecule has 0 bridgehead atoms. The van der Waals surface area contributed by atoms with Crippen LogP contribution in [0.1, 0.15) is 33.6 Å². The van der Waals surface area contributed by atoms with E-state index in [0.717, 1.165) is 35.6 Å². The van der Waals surface area contributed by atoms with Crippen molar-refractivity contribution >= 4 is 17.5 Å². The van der Waals surface area contributed by atoms with E-state index in [1.54, 1.807) is 6.08 Å². The predicted molar refractivity (Wildman–Crippen MR) is 147 cm³/mol. The first-order chi connectivity index (χ1) is 16.4. The van der Waals surface area contributed by atoms with Gasteiger partial charge >= 0.3 is 0 Å². The molecular formula is C30H36N4. The molecule has 34 heavy (non-hydrogen) atoms. The van der Waals surface area contributed by atoms with Gasteiger partial charge in [0.15, 0.2) is 0 Å². The monoisotopic (exact) mass is 452 g/mol.